The van der Waals surface area contributed by atoms with E-state index in [2.05, 4.69) is 15.9 Å². The standard InChI is InChI=1S/C13H14BrNO3/c1-16-9-5-8(6-10(7-9)17-2)13(15)11-3-4-12(14)18-11/h3-7,13H,15H2,1-2H3. The lowest BCUT2D eigenvalue weighted by atomic mass is 10.0. The molecule has 1 aromatic heterocycles. The molecule has 1 heterocycles. The number of ether oxygens (including phenoxy) is 2. The van der Waals surface area contributed by atoms with Gasteiger partial charge in [0.2, 0.25) is 0 Å². The zero-order valence-electron chi connectivity index (χ0n) is 10.1. The summed E-state index contributed by atoms with van der Waals surface area (Å²) in [6, 6.07) is 8.81. The summed E-state index contributed by atoms with van der Waals surface area (Å²) < 4.78 is 16.5. The van der Waals surface area contributed by atoms with E-state index in [1.54, 1.807) is 20.3 Å². The van der Waals surface area contributed by atoms with Crippen LogP contribution in [-0.2, 0) is 0 Å². The number of rotatable bonds is 4. The van der Waals surface area contributed by atoms with Crippen molar-refractivity contribution in [2.75, 3.05) is 14.2 Å². The van der Waals surface area contributed by atoms with Crippen molar-refractivity contribution in [2.24, 2.45) is 5.73 Å². The molecule has 18 heavy (non-hydrogen) atoms. The Balaban J connectivity index is 2.37. The van der Waals surface area contributed by atoms with Gasteiger partial charge in [0.05, 0.1) is 20.3 Å². The zero-order valence-corrected chi connectivity index (χ0v) is 11.7. The SMILES string of the molecule is COc1cc(OC)cc(C(N)c2ccc(Br)o2)c1. The highest BCUT2D eigenvalue weighted by molar-refractivity contribution is 9.10. The first-order chi connectivity index (χ1) is 8.63. The first kappa shape index (κ1) is 13.0. The van der Waals surface area contributed by atoms with E-state index in [9.17, 15) is 0 Å². The van der Waals surface area contributed by atoms with E-state index < -0.39 is 0 Å². The average Bonchev–Trinajstić information content (AvgIpc) is 2.83. The molecule has 4 nitrogen and oxygen atoms in total. The fraction of sp³-hybridized carbons (Fsp3) is 0.231. The van der Waals surface area contributed by atoms with Crippen molar-refractivity contribution in [1.29, 1.82) is 0 Å². The summed E-state index contributed by atoms with van der Waals surface area (Å²) >= 11 is 3.26. The predicted molar refractivity (Wildman–Crippen MR) is 72.0 cm³/mol. The molecule has 5 heteroatoms. The normalized spacial score (nSPS) is 12.2. The molecule has 0 aliphatic carbocycles. The number of hydrogen-bond donors (Lipinski definition) is 1. The number of halogens is 1. The number of furan rings is 1. The molecule has 0 amide bonds. The molecule has 2 aromatic rings. The molecule has 1 atom stereocenters. The van der Waals surface area contributed by atoms with Gasteiger partial charge in [0, 0.05) is 6.07 Å². The van der Waals surface area contributed by atoms with E-state index in [0.717, 1.165) is 5.56 Å². The third kappa shape index (κ3) is 2.68. The summed E-state index contributed by atoms with van der Waals surface area (Å²) in [4.78, 5) is 0. The fourth-order valence-electron chi connectivity index (χ4n) is 1.67. The van der Waals surface area contributed by atoms with Crippen molar-refractivity contribution in [2.45, 2.75) is 6.04 Å². The molecule has 96 valence electrons. The monoisotopic (exact) mass is 311 g/mol. The Morgan fingerprint density at radius 2 is 1.72 bits per heavy atom. The topological polar surface area (TPSA) is 57.6 Å². The van der Waals surface area contributed by atoms with Crippen LogP contribution in [0.2, 0.25) is 0 Å². The summed E-state index contributed by atoms with van der Waals surface area (Å²) in [5.74, 6) is 2.08. The van der Waals surface area contributed by atoms with Crippen LogP contribution in [0.15, 0.2) is 39.4 Å². The van der Waals surface area contributed by atoms with Crippen molar-refractivity contribution < 1.29 is 13.9 Å². The van der Waals surface area contributed by atoms with Crippen molar-refractivity contribution in [3.8, 4) is 11.5 Å². The van der Waals surface area contributed by atoms with Gasteiger partial charge in [0.1, 0.15) is 17.3 Å². The molecule has 0 fully saturated rings. The first-order valence-corrected chi connectivity index (χ1v) is 6.17. The van der Waals surface area contributed by atoms with Crippen LogP contribution in [0, 0.1) is 0 Å². The Morgan fingerprint density at radius 3 is 2.17 bits per heavy atom. The lowest BCUT2D eigenvalue weighted by Gasteiger charge is -2.12. The van der Waals surface area contributed by atoms with Crippen molar-refractivity contribution >= 4 is 15.9 Å². The second kappa shape index (κ2) is 5.46. The van der Waals surface area contributed by atoms with E-state index in [-0.39, 0.29) is 6.04 Å². The molecule has 0 saturated carbocycles. The third-order valence-electron chi connectivity index (χ3n) is 2.63. The minimum atomic E-state index is -0.361. The summed E-state index contributed by atoms with van der Waals surface area (Å²) in [5.41, 5.74) is 7.02. The van der Waals surface area contributed by atoms with Gasteiger partial charge < -0.3 is 19.6 Å². The van der Waals surface area contributed by atoms with Crippen LogP contribution in [0.25, 0.3) is 0 Å². The highest BCUT2D eigenvalue weighted by atomic mass is 79.9. The zero-order chi connectivity index (χ0) is 13.1. The molecule has 0 spiro atoms. The lowest BCUT2D eigenvalue weighted by Crippen LogP contribution is -2.11. The molecule has 0 saturated heterocycles. The average molecular weight is 312 g/mol. The number of nitrogens with two attached hydrogens (primary N) is 1. The van der Waals surface area contributed by atoms with Crippen LogP contribution >= 0.6 is 15.9 Å². The predicted octanol–water partition coefficient (Wildman–Crippen LogP) is 3.11. The van der Waals surface area contributed by atoms with Crippen LogP contribution in [0.1, 0.15) is 17.4 Å². The van der Waals surface area contributed by atoms with E-state index in [1.807, 2.05) is 24.3 Å². The van der Waals surface area contributed by atoms with Crippen LogP contribution in [0.5, 0.6) is 11.5 Å². The molecular formula is C13H14BrNO3. The largest absolute Gasteiger partial charge is 0.497 e. The minimum absolute atomic E-state index is 0.361. The van der Waals surface area contributed by atoms with Crippen molar-refractivity contribution in [3.05, 3.63) is 46.3 Å². The molecular weight excluding hydrogens is 298 g/mol. The molecule has 0 aliphatic heterocycles. The first-order valence-electron chi connectivity index (χ1n) is 5.38. The van der Waals surface area contributed by atoms with Crippen LogP contribution in [-0.4, -0.2) is 14.2 Å². The van der Waals surface area contributed by atoms with E-state index >= 15 is 0 Å². The van der Waals surface area contributed by atoms with Crippen molar-refractivity contribution in [3.63, 3.8) is 0 Å². The quantitative estimate of drug-likeness (QED) is 0.942. The molecule has 1 unspecified atom stereocenters. The smallest absolute Gasteiger partial charge is 0.169 e. The van der Waals surface area contributed by atoms with Gasteiger partial charge in [0.15, 0.2) is 4.67 Å². The molecule has 0 aliphatic rings. The molecule has 0 bridgehead atoms. The Kier molecular flexibility index (Phi) is 3.93. The Hall–Kier alpha value is -1.46. The Bertz CT molecular complexity index is 517. The lowest BCUT2D eigenvalue weighted by molar-refractivity contribution is 0.392. The maximum atomic E-state index is 6.15. The number of methoxy groups -OCH3 is 2. The van der Waals surface area contributed by atoms with Gasteiger partial charge in [-0.25, -0.2) is 0 Å². The van der Waals surface area contributed by atoms with E-state index in [4.69, 9.17) is 19.6 Å². The van der Waals surface area contributed by atoms with Crippen LogP contribution < -0.4 is 15.2 Å². The maximum absolute atomic E-state index is 6.15. The molecule has 0 radical (unpaired) electrons. The Morgan fingerprint density at radius 1 is 1.11 bits per heavy atom. The van der Waals surface area contributed by atoms with Gasteiger partial charge in [-0.1, -0.05) is 0 Å². The molecule has 2 rings (SSSR count). The summed E-state index contributed by atoms with van der Waals surface area (Å²) in [5, 5.41) is 0. The second-order valence-corrected chi connectivity index (χ2v) is 4.55. The van der Waals surface area contributed by atoms with Crippen molar-refractivity contribution in [1.82, 2.24) is 0 Å². The minimum Gasteiger partial charge on any atom is -0.497 e. The number of benzene rings is 1. The summed E-state index contributed by atoms with van der Waals surface area (Å²) in [7, 11) is 3.21. The van der Waals surface area contributed by atoms with Crippen LogP contribution in [0.3, 0.4) is 0 Å². The Labute approximate surface area is 114 Å². The van der Waals surface area contributed by atoms with Gasteiger partial charge in [-0.2, -0.15) is 0 Å². The highest BCUT2D eigenvalue weighted by Gasteiger charge is 2.15. The maximum Gasteiger partial charge on any atom is 0.169 e. The fourth-order valence-corrected chi connectivity index (χ4v) is 1.99. The van der Waals surface area contributed by atoms with E-state index in [0.29, 0.717) is 21.9 Å². The molecule has 2 N–H and O–H groups in total. The van der Waals surface area contributed by atoms with Crippen LogP contribution in [0.4, 0.5) is 0 Å². The third-order valence-corrected chi connectivity index (χ3v) is 3.06. The molecule has 1 aromatic carbocycles. The van der Waals surface area contributed by atoms with Gasteiger partial charge in [-0.05, 0) is 45.8 Å². The van der Waals surface area contributed by atoms with Gasteiger partial charge in [-0.15, -0.1) is 0 Å². The van der Waals surface area contributed by atoms with Gasteiger partial charge in [0.25, 0.3) is 0 Å². The van der Waals surface area contributed by atoms with Gasteiger partial charge >= 0.3 is 0 Å². The van der Waals surface area contributed by atoms with Gasteiger partial charge in [-0.3, -0.25) is 0 Å². The number of hydrogen-bond acceptors (Lipinski definition) is 4. The van der Waals surface area contributed by atoms with E-state index in [1.165, 1.54) is 0 Å². The summed E-state index contributed by atoms with van der Waals surface area (Å²) in [6.45, 7) is 0. The second-order valence-electron chi connectivity index (χ2n) is 3.77. The highest BCUT2D eigenvalue weighted by Crippen LogP contribution is 2.30. The summed E-state index contributed by atoms with van der Waals surface area (Å²) in [6.07, 6.45) is 0.